The summed E-state index contributed by atoms with van der Waals surface area (Å²) in [6.07, 6.45) is 5.71. The number of fused-ring (bicyclic) bond motifs is 3. The third-order valence-electron chi connectivity index (χ3n) is 7.86. The highest BCUT2D eigenvalue weighted by molar-refractivity contribution is 6.36. The number of aromatic nitrogens is 1. The number of pyridine rings is 1. The SMILES string of the molecule is Cc1c(Cl)cc(COc2cc(C(c3c(O)c4cc(F)ccc4c4occ(C(=O)O)c34)N3CCCCC3)ccn2)cc1Cl. The molecule has 0 spiro atoms. The number of phenols is 1. The maximum atomic E-state index is 14.4. The number of hydrogen-bond donors (Lipinski definition) is 2. The highest BCUT2D eigenvalue weighted by atomic mass is 35.5. The summed E-state index contributed by atoms with van der Waals surface area (Å²) in [4.78, 5) is 18.9. The fourth-order valence-corrected chi connectivity index (χ4v) is 6.30. The molecule has 0 bridgehead atoms. The topological polar surface area (TPSA) is 96.0 Å². The van der Waals surface area contributed by atoms with Gasteiger partial charge in [-0.05, 0) is 85.9 Å². The molecule has 216 valence electrons. The number of carbonyl (C=O) groups is 1. The van der Waals surface area contributed by atoms with Gasteiger partial charge in [0.25, 0.3) is 0 Å². The van der Waals surface area contributed by atoms with Gasteiger partial charge in [-0.15, -0.1) is 0 Å². The van der Waals surface area contributed by atoms with E-state index in [9.17, 15) is 19.4 Å². The van der Waals surface area contributed by atoms with Crippen LogP contribution in [0.15, 0.2) is 59.3 Å². The summed E-state index contributed by atoms with van der Waals surface area (Å²) < 4.78 is 26.2. The van der Waals surface area contributed by atoms with Gasteiger partial charge in [-0.25, -0.2) is 14.2 Å². The van der Waals surface area contributed by atoms with Gasteiger partial charge in [0.1, 0.15) is 35.6 Å². The number of aromatic hydroxyl groups is 1. The first-order valence-corrected chi connectivity index (χ1v) is 14.3. The molecule has 0 saturated carbocycles. The molecule has 6 rings (SSSR count). The minimum absolute atomic E-state index is 0.0813. The van der Waals surface area contributed by atoms with Gasteiger partial charge in [-0.3, -0.25) is 4.90 Å². The predicted molar refractivity (Wildman–Crippen MR) is 159 cm³/mol. The number of phenolic OH excluding ortho intramolecular Hbond substituents is 1. The largest absolute Gasteiger partial charge is 0.507 e. The molecule has 2 N–H and O–H groups in total. The minimum Gasteiger partial charge on any atom is -0.507 e. The fourth-order valence-electron chi connectivity index (χ4n) is 5.77. The van der Waals surface area contributed by atoms with Crippen molar-refractivity contribution in [3.05, 3.63) is 98.6 Å². The first kappa shape index (κ1) is 28.3. The van der Waals surface area contributed by atoms with E-state index in [-0.39, 0.29) is 34.3 Å². The van der Waals surface area contributed by atoms with Crippen molar-refractivity contribution in [1.29, 1.82) is 0 Å². The van der Waals surface area contributed by atoms with E-state index in [0.29, 0.717) is 40.0 Å². The van der Waals surface area contributed by atoms with Crippen molar-refractivity contribution in [2.45, 2.75) is 38.8 Å². The van der Waals surface area contributed by atoms with Crippen LogP contribution in [0, 0.1) is 12.7 Å². The molecule has 0 amide bonds. The van der Waals surface area contributed by atoms with E-state index in [0.717, 1.165) is 36.0 Å². The third-order valence-corrected chi connectivity index (χ3v) is 8.64. The summed E-state index contributed by atoms with van der Waals surface area (Å²) >= 11 is 12.6. The third kappa shape index (κ3) is 5.15. The van der Waals surface area contributed by atoms with Gasteiger partial charge < -0.3 is 19.4 Å². The normalized spacial score (nSPS) is 14.9. The molecule has 0 aliphatic carbocycles. The Labute approximate surface area is 251 Å². The zero-order valence-corrected chi connectivity index (χ0v) is 24.2. The Morgan fingerprint density at radius 2 is 1.83 bits per heavy atom. The number of rotatable bonds is 7. The summed E-state index contributed by atoms with van der Waals surface area (Å²) in [5, 5.41) is 23.8. The number of ether oxygens (including phenoxy) is 1. The van der Waals surface area contributed by atoms with Crippen molar-refractivity contribution in [2.24, 2.45) is 0 Å². The van der Waals surface area contributed by atoms with E-state index in [4.69, 9.17) is 32.4 Å². The van der Waals surface area contributed by atoms with E-state index >= 15 is 0 Å². The molecule has 1 saturated heterocycles. The van der Waals surface area contributed by atoms with Gasteiger partial charge in [0.2, 0.25) is 5.88 Å². The lowest BCUT2D eigenvalue weighted by molar-refractivity contribution is 0.0697. The summed E-state index contributed by atoms with van der Waals surface area (Å²) in [6.45, 7) is 3.43. The van der Waals surface area contributed by atoms with E-state index < -0.39 is 17.8 Å². The second-order valence-electron chi connectivity index (χ2n) is 10.5. The summed E-state index contributed by atoms with van der Waals surface area (Å²) in [7, 11) is 0. The zero-order valence-electron chi connectivity index (χ0n) is 22.7. The Bertz CT molecular complexity index is 1810. The smallest absolute Gasteiger partial charge is 0.339 e. The molecule has 3 aromatic carbocycles. The van der Waals surface area contributed by atoms with E-state index in [1.165, 1.54) is 24.5 Å². The standard InChI is InChI=1S/C32H27Cl2FN2O5/c1-17-24(33)11-18(12-25(17)34)15-41-26-13-19(7-8-36-26)29(37-9-3-2-4-10-37)28-27-23(32(39)40)16-42-31(27)21-6-5-20(35)14-22(21)30(28)38/h5-8,11-14,16,29,38H,2-4,9-10,15H2,1H3,(H,39,40). The van der Waals surface area contributed by atoms with Crippen molar-refractivity contribution in [1.82, 2.24) is 9.88 Å². The lowest BCUT2D eigenvalue weighted by Gasteiger charge is -2.36. The van der Waals surface area contributed by atoms with Crippen molar-refractivity contribution >= 4 is 50.9 Å². The highest BCUT2D eigenvalue weighted by Gasteiger charge is 2.33. The first-order chi connectivity index (χ1) is 20.2. The van der Waals surface area contributed by atoms with Crippen LogP contribution in [0.3, 0.4) is 0 Å². The zero-order chi connectivity index (χ0) is 29.5. The molecular weight excluding hydrogens is 582 g/mol. The number of likely N-dealkylation sites (tertiary alicyclic amines) is 1. The molecule has 1 atom stereocenters. The van der Waals surface area contributed by atoms with E-state index in [1.807, 2.05) is 13.0 Å². The van der Waals surface area contributed by atoms with Gasteiger partial charge in [-0.1, -0.05) is 29.6 Å². The van der Waals surface area contributed by atoms with Crippen LogP contribution in [0.4, 0.5) is 4.39 Å². The Kier molecular flexibility index (Phi) is 7.70. The van der Waals surface area contributed by atoms with Crippen LogP contribution in [0.5, 0.6) is 11.6 Å². The Balaban J connectivity index is 1.51. The monoisotopic (exact) mass is 608 g/mol. The number of halogens is 3. The van der Waals surface area contributed by atoms with E-state index in [2.05, 4.69) is 9.88 Å². The van der Waals surface area contributed by atoms with Crippen LogP contribution in [0.2, 0.25) is 10.0 Å². The molecule has 0 radical (unpaired) electrons. The number of carboxylic acid groups (broad SMARTS) is 1. The predicted octanol–water partition coefficient (Wildman–Crippen LogP) is 8.29. The van der Waals surface area contributed by atoms with Crippen molar-refractivity contribution in [3.63, 3.8) is 0 Å². The van der Waals surface area contributed by atoms with E-state index in [1.54, 1.807) is 24.4 Å². The lowest BCUT2D eigenvalue weighted by Crippen LogP contribution is -2.34. The first-order valence-electron chi connectivity index (χ1n) is 13.6. The highest BCUT2D eigenvalue weighted by Crippen LogP contribution is 2.47. The maximum Gasteiger partial charge on any atom is 0.339 e. The van der Waals surface area contributed by atoms with Gasteiger partial charge in [0.05, 0.1) is 6.04 Å². The Hall–Kier alpha value is -3.85. The Morgan fingerprint density at radius 1 is 1.10 bits per heavy atom. The lowest BCUT2D eigenvalue weighted by atomic mass is 9.88. The molecule has 1 fully saturated rings. The number of furan rings is 1. The number of carboxylic acids is 1. The van der Waals surface area contributed by atoms with Crippen molar-refractivity contribution < 1.29 is 28.6 Å². The fraction of sp³-hybridized carbons (Fsp3) is 0.250. The number of hydrogen-bond acceptors (Lipinski definition) is 6. The second kappa shape index (κ2) is 11.4. The summed E-state index contributed by atoms with van der Waals surface area (Å²) in [5.74, 6) is -1.59. The molecule has 2 aromatic heterocycles. The maximum absolute atomic E-state index is 14.4. The summed E-state index contributed by atoms with van der Waals surface area (Å²) in [5.41, 5.74) is 2.82. The van der Waals surface area contributed by atoms with Crippen LogP contribution < -0.4 is 4.74 Å². The number of aromatic carboxylic acids is 1. The molecule has 3 heterocycles. The molecule has 1 aliphatic rings. The molecule has 5 aromatic rings. The van der Waals surface area contributed by atoms with Crippen LogP contribution >= 0.6 is 23.2 Å². The summed E-state index contributed by atoms with van der Waals surface area (Å²) in [6, 6.07) is 10.6. The van der Waals surface area contributed by atoms with Gasteiger partial charge in [-0.2, -0.15) is 0 Å². The van der Waals surface area contributed by atoms with Crippen molar-refractivity contribution in [3.8, 4) is 11.6 Å². The molecule has 10 heteroatoms. The second-order valence-corrected chi connectivity index (χ2v) is 11.3. The molecule has 7 nitrogen and oxygen atoms in total. The Morgan fingerprint density at radius 3 is 2.55 bits per heavy atom. The number of piperidine rings is 1. The van der Waals surface area contributed by atoms with Gasteiger partial charge in [0, 0.05) is 44.0 Å². The molecular formula is C32H27Cl2FN2O5. The van der Waals surface area contributed by atoms with Crippen LogP contribution in [-0.4, -0.2) is 39.2 Å². The molecule has 1 unspecified atom stereocenters. The van der Waals surface area contributed by atoms with Gasteiger partial charge in [0.15, 0.2) is 0 Å². The molecule has 1 aliphatic heterocycles. The molecule has 42 heavy (non-hydrogen) atoms. The number of nitrogens with zero attached hydrogens (tertiary/aromatic N) is 2. The number of benzene rings is 3. The quantitative estimate of drug-likeness (QED) is 0.192. The van der Waals surface area contributed by atoms with Crippen LogP contribution in [0.25, 0.3) is 21.7 Å². The van der Waals surface area contributed by atoms with Gasteiger partial charge >= 0.3 is 5.97 Å². The van der Waals surface area contributed by atoms with Crippen molar-refractivity contribution in [2.75, 3.05) is 13.1 Å². The average Bonchev–Trinajstić information content (AvgIpc) is 3.43. The average molecular weight is 609 g/mol. The van der Waals surface area contributed by atoms with Crippen LogP contribution in [0.1, 0.15) is 57.9 Å². The minimum atomic E-state index is -1.19. The van der Waals surface area contributed by atoms with Crippen LogP contribution in [-0.2, 0) is 6.61 Å².